The molecule has 2 aromatic carbocycles. The van der Waals surface area contributed by atoms with Crippen LogP contribution in [0.1, 0.15) is 61.8 Å². The first kappa shape index (κ1) is 22.6. The van der Waals surface area contributed by atoms with E-state index in [-0.39, 0.29) is 23.0 Å². The molecule has 1 heterocycles. The van der Waals surface area contributed by atoms with Crippen molar-refractivity contribution >= 4 is 27.1 Å². The molecule has 31 heavy (non-hydrogen) atoms. The summed E-state index contributed by atoms with van der Waals surface area (Å²) in [5.74, 6) is 0.536. The lowest BCUT2D eigenvalue weighted by Crippen LogP contribution is -2.49. The smallest absolute Gasteiger partial charge is 0.150 e. The third-order valence-electron chi connectivity index (χ3n) is 6.89. The summed E-state index contributed by atoms with van der Waals surface area (Å²) < 4.78 is 23.9. The molecule has 0 spiro atoms. The van der Waals surface area contributed by atoms with Crippen molar-refractivity contribution in [2.24, 2.45) is 0 Å². The Morgan fingerprint density at radius 3 is 2.58 bits per heavy atom. The van der Waals surface area contributed by atoms with Crippen LogP contribution in [-0.2, 0) is 21.7 Å². The van der Waals surface area contributed by atoms with E-state index in [4.69, 9.17) is 11.6 Å². The molecule has 1 unspecified atom stereocenters. The number of sulfone groups is 1. The molecule has 1 aliphatic heterocycles. The summed E-state index contributed by atoms with van der Waals surface area (Å²) in [6.45, 7) is 3.57. The molecular formula is C25H33ClN2O2S. The number of benzene rings is 2. The van der Waals surface area contributed by atoms with Crippen LogP contribution in [0.5, 0.6) is 0 Å². The molecular weight excluding hydrogens is 428 g/mol. The summed E-state index contributed by atoms with van der Waals surface area (Å²) >= 11 is 6.16. The molecule has 0 aromatic heterocycles. The Kier molecular flexibility index (Phi) is 6.95. The lowest BCUT2D eigenvalue weighted by atomic mass is 9.58. The number of anilines is 1. The second-order valence-electron chi connectivity index (χ2n) is 9.00. The fourth-order valence-corrected chi connectivity index (χ4v) is 6.71. The second kappa shape index (κ2) is 9.51. The largest absolute Gasteiger partial charge is 0.385 e. The van der Waals surface area contributed by atoms with Crippen LogP contribution < -0.4 is 10.6 Å². The van der Waals surface area contributed by atoms with E-state index in [1.54, 1.807) is 0 Å². The molecule has 4 nitrogen and oxygen atoms in total. The van der Waals surface area contributed by atoms with Gasteiger partial charge in [-0.2, -0.15) is 0 Å². The predicted octanol–water partition coefficient (Wildman–Crippen LogP) is 5.28. The molecule has 2 N–H and O–H groups in total. The fourth-order valence-electron chi connectivity index (χ4n) is 5.18. The zero-order chi connectivity index (χ0) is 21.9. The zero-order valence-electron chi connectivity index (χ0n) is 18.3. The molecule has 1 atom stereocenters. The summed E-state index contributed by atoms with van der Waals surface area (Å²) in [6.07, 6.45) is 5.97. The van der Waals surface area contributed by atoms with E-state index in [0.717, 1.165) is 23.7 Å². The van der Waals surface area contributed by atoms with Crippen molar-refractivity contribution in [1.29, 1.82) is 0 Å². The SMILES string of the molecule is CCCS(=O)(=O)CCCNc1ccc2c(c1)C(C1(c3ccc(Cl)cc3)CCC1)NCC2. The monoisotopic (exact) mass is 460 g/mol. The molecule has 0 bridgehead atoms. The van der Waals surface area contributed by atoms with Crippen LogP contribution in [0.2, 0.25) is 5.02 Å². The Hall–Kier alpha value is -1.56. The Morgan fingerprint density at radius 2 is 1.90 bits per heavy atom. The lowest BCUT2D eigenvalue weighted by molar-refractivity contribution is 0.164. The maximum Gasteiger partial charge on any atom is 0.150 e. The average molecular weight is 461 g/mol. The van der Waals surface area contributed by atoms with Gasteiger partial charge >= 0.3 is 0 Å². The summed E-state index contributed by atoms with van der Waals surface area (Å²) in [5.41, 5.74) is 5.36. The summed E-state index contributed by atoms with van der Waals surface area (Å²) in [7, 11) is -2.92. The quantitative estimate of drug-likeness (QED) is 0.500. The van der Waals surface area contributed by atoms with Gasteiger partial charge in [-0.3, -0.25) is 0 Å². The molecule has 0 radical (unpaired) electrons. The van der Waals surface area contributed by atoms with Gasteiger partial charge in [0.2, 0.25) is 0 Å². The van der Waals surface area contributed by atoms with Crippen molar-refractivity contribution in [3.63, 3.8) is 0 Å². The predicted molar refractivity (Wildman–Crippen MR) is 130 cm³/mol. The number of rotatable bonds is 9. The Balaban J connectivity index is 1.51. The van der Waals surface area contributed by atoms with Crippen molar-refractivity contribution in [2.75, 3.05) is 29.9 Å². The fraction of sp³-hybridized carbons (Fsp3) is 0.520. The average Bonchev–Trinajstić information content (AvgIpc) is 2.72. The maximum atomic E-state index is 11.9. The van der Waals surface area contributed by atoms with Gasteiger partial charge in [-0.05, 0) is 79.6 Å². The lowest BCUT2D eigenvalue weighted by Gasteiger charge is -2.50. The Bertz CT molecular complexity index is 1000. The normalized spacial score (nSPS) is 20.0. The highest BCUT2D eigenvalue weighted by molar-refractivity contribution is 7.91. The van der Waals surface area contributed by atoms with Crippen LogP contribution >= 0.6 is 11.6 Å². The molecule has 4 rings (SSSR count). The first-order chi connectivity index (χ1) is 14.9. The first-order valence-electron chi connectivity index (χ1n) is 11.5. The number of nitrogens with one attached hydrogen (secondary N) is 2. The molecule has 2 aliphatic rings. The Labute approximate surface area is 191 Å². The van der Waals surface area contributed by atoms with Crippen molar-refractivity contribution in [2.45, 2.75) is 56.9 Å². The number of hydrogen-bond donors (Lipinski definition) is 2. The topological polar surface area (TPSA) is 58.2 Å². The molecule has 1 fully saturated rings. The summed E-state index contributed by atoms with van der Waals surface area (Å²) in [4.78, 5) is 0. The number of hydrogen-bond acceptors (Lipinski definition) is 4. The van der Waals surface area contributed by atoms with Gasteiger partial charge in [0.25, 0.3) is 0 Å². The van der Waals surface area contributed by atoms with Crippen molar-refractivity contribution < 1.29 is 8.42 Å². The van der Waals surface area contributed by atoms with E-state index >= 15 is 0 Å². The van der Waals surface area contributed by atoms with Gasteiger partial charge in [-0.1, -0.05) is 43.1 Å². The van der Waals surface area contributed by atoms with Gasteiger partial charge in [-0.25, -0.2) is 8.42 Å². The molecule has 2 aromatic rings. The molecule has 0 amide bonds. The minimum absolute atomic E-state index is 0.118. The van der Waals surface area contributed by atoms with Gasteiger partial charge in [0.1, 0.15) is 9.84 Å². The molecule has 1 aliphatic carbocycles. The van der Waals surface area contributed by atoms with Crippen LogP contribution in [0, 0.1) is 0 Å². The summed E-state index contributed by atoms with van der Waals surface area (Å²) in [6, 6.07) is 15.3. The number of fused-ring (bicyclic) bond motifs is 1. The molecule has 168 valence electrons. The Morgan fingerprint density at radius 1 is 1.13 bits per heavy atom. The van der Waals surface area contributed by atoms with Crippen LogP contribution in [0.25, 0.3) is 0 Å². The van der Waals surface area contributed by atoms with E-state index in [1.165, 1.54) is 36.0 Å². The van der Waals surface area contributed by atoms with E-state index in [9.17, 15) is 8.42 Å². The second-order valence-corrected chi connectivity index (χ2v) is 11.7. The van der Waals surface area contributed by atoms with Gasteiger partial charge < -0.3 is 10.6 Å². The maximum absolute atomic E-state index is 11.9. The highest BCUT2D eigenvalue weighted by atomic mass is 35.5. The van der Waals surface area contributed by atoms with Crippen molar-refractivity contribution in [1.82, 2.24) is 5.32 Å². The highest BCUT2D eigenvalue weighted by Gasteiger charge is 2.47. The van der Waals surface area contributed by atoms with Gasteiger partial charge in [-0.15, -0.1) is 0 Å². The van der Waals surface area contributed by atoms with E-state index in [0.29, 0.717) is 19.4 Å². The van der Waals surface area contributed by atoms with Gasteiger partial charge in [0, 0.05) is 34.5 Å². The minimum atomic E-state index is -2.92. The molecule has 0 saturated heterocycles. The third-order valence-corrected chi connectivity index (χ3v) is 9.09. The van der Waals surface area contributed by atoms with Crippen molar-refractivity contribution in [3.05, 3.63) is 64.2 Å². The van der Waals surface area contributed by atoms with E-state index < -0.39 is 9.84 Å². The summed E-state index contributed by atoms with van der Waals surface area (Å²) in [5, 5.41) is 8.05. The third kappa shape index (κ3) is 4.94. The van der Waals surface area contributed by atoms with E-state index in [2.05, 4.69) is 41.0 Å². The van der Waals surface area contributed by atoms with Gasteiger partial charge in [0.15, 0.2) is 0 Å². The molecule has 6 heteroatoms. The van der Waals surface area contributed by atoms with Crippen molar-refractivity contribution in [3.8, 4) is 0 Å². The van der Waals surface area contributed by atoms with Crippen LogP contribution in [0.4, 0.5) is 5.69 Å². The van der Waals surface area contributed by atoms with Crippen LogP contribution in [-0.4, -0.2) is 33.0 Å². The first-order valence-corrected chi connectivity index (χ1v) is 13.7. The highest BCUT2D eigenvalue weighted by Crippen LogP contribution is 2.53. The standard InChI is InChI=1S/C25H33ClN2O2S/c1-2-16-31(29,30)17-4-14-27-22-10-5-19-11-15-28-24(23(19)18-22)25(12-3-13-25)20-6-8-21(26)9-7-20/h5-10,18,24,27-28H,2-4,11-17H2,1H3. The molecule has 1 saturated carbocycles. The number of halogens is 1. The zero-order valence-corrected chi connectivity index (χ0v) is 19.9. The minimum Gasteiger partial charge on any atom is -0.385 e. The van der Waals surface area contributed by atoms with Crippen LogP contribution in [0.15, 0.2) is 42.5 Å². The van der Waals surface area contributed by atoms with Crippen LogP contribution in [0.3, 0.4) is 0 Å². The van der Waals surface area contributed by atoms with Gasteiger partial charge in [0.05, 0.1) is 5.75 Å². The van der Waals surface area contributed by atoms with E-state index in [1.807, 2.05) is 19.1 Å².